The number of alkyl halides is 2. The van der Waals surface area contributed by atoms with Crippen LogP contribution in [0.3, 0.4) is 0 Å². The quantitative estimate of drug-likeness (QED) is 0.774. The fourth-order valence-electron chi connectivity index (χ4n) is 2.53. The Bertz CT molecular complexity index is 723. The number of benzene rings is 1. The van der Waals surface area contributed by atoms with Gasteiger partial charge in [-0.05, 0) is 36.8 Å². The van der Waals surface area contributed by atoms with Crippen molar-refractivity contribution in [3.8, 4) is 11.5 Å². The normalized spacial score (nSPS) is 17.1. The molecule has 0 fully saturated rings. The second kappa shape index (κ2) is 7.64. The molecule has 6 nitrogen and oxygen atoms in total. The Hall–Kier alpha value is -2.42. The maximum Gasteiger partial charge on any atom is 0.387 e. The Labute approximate surface area is 149 Å². The third-order valence-electron chi connectivity index (χ3n) is 3.64. The van der Waals surface area contributed by atoms with Crippen LogP contribution in [-0.4, -0.2) is 43.7 Å². The van der Waals surface area contributed by atoms with Crippen LogP contribution in [-0.2, 0) is 4.79 Å². The Morgan fingerprint density at radius 2 is 2.00 bits per heavy atom. The molecule has 2 rings (SSSR count). The van der Waals surface area contributed by atoms with E-state index in [9.17, 15) is 13.6 Å². The van der Waals surface area contributed by atoms with E-state index in [0.717, 1.165) is 0 Å². The molecule has 0 saturated heterocycles. The van der Waals surface area contributed by atoms with Crippen LogP contribution < -0.4 is 20.1 Å². The first-order valence-corrected chi connectivity index (χ1v) is 7.78. The van der Waals surface area contributed by atoms with Crippen molar-refractivity contribution < 1.29 is 23.0 Å². The Balaban J connectivity index is 2.51. The zero-order chi connectivity index (χ0) is 18.7. The predicted octanol–water partition coefficient (Wildman–Crippen LogP) is 2.18. The third kappa shape index (κ3) is 4.16. The summed E-state index contributed by atoms with van der Waals surface area (Å²) < 4.78 is 34.9. The topological polar surface area (TPSA) is 62.8 Å². The number of hydrogen-bond acceptors (Lipinski definition) is 4. The van der Waals surface area contributed by atoms with Gasteiger partial charge >= 0.3 is 6.61 Å². The van der Waals surface area contributed by atoms with E-state index >= 15 is 0 Å². The fraction of sp³-hybridized carbons (Fsp3) is 0.375. The van der Waals surface area contributed by atoms with Crippen LogP contribution in [0.4, 0.5) is 8.78 Å². The first-order chi connectivity index (χ1) is 11.7. The molecule has 0 radical (unpaired) electrons. The van der Waals surface area contributed by atoms with Gasteiger partial charge in [0.2, 0.25) is 0 Å². The van der Waals surface area contributed by atoms with Crippen LogP contribution in [0.15, 0.2) is 29.5 Å². The van der Waals surface area contributed by atoms with Crippen molar-refractivity contribution in [3.63, 3.8) is 0 Å². The highest BCUT2D eigenvalue weighted by Crippen LogP contribution is 2.35. The van der Waals surface area contributed by atoms with Crippen molar-refractivity contribution in [3.05, 3.63) is 35.0 Å². The van der Waals surface area contributed by atoms with E-state index in [2.05, 4.69) is 15.4 Å². The molecule has 1 heterocycles. The second-order valence-electron chi connectivity index (χ2n) is 5.56. The number of nitrogens with zero attached hydrogens (tertiary/aromatic N) is 1. The molecule has 136 valence electrons. The smallest absolute Gasteiger partial charge is 0.387 e. The van der Waals surface area contributed by atoms with Crippen molar-refractivity contribution in [2.45, 2.75) is 19.6 Å². The first kappa shape index (κ1) is 18.9. The first-order valence-electron chi connectivity index (χ1n) is 7.37. The maximum absolute atomic E-state index is 12.7. The molecule has 1 aromatic carbocycles. The molecule has 1 atom stereocenters. The molecular formula is C16H19F2N3O3S. The number of methoxy groups -OCH3 is 1. The van der Waals surface area contributed by atoms with Crippen LogP contribution in [0.1, 0.15) is 18.5 Å². The molecule has 1 aliphatic rings. The van der Waals surface area contributed by atoms with Gasteiger partial charge in [-0.15, -0.1) is 0 Å². The lowest BCUT2D eigenvalue weighted by atomic mass is 9.94. The van der Waals surface area contributed by atoms with Crippen molar-refractivity contribution in [2.75, 3.05) is 21.2 Å². The highest BCUT2D eigenvalue weighted by molar-refractivity contribution is 7.80. The summed E-state index contributed by atoms with van der Waals surface area (Å²) in [6, 6.07) is 3.98. The minimum absolute atomic E-state index is 0.115. The molecule has 9 heteroatoms. The zero-order valence-electron chi connectivity index (χ0n) is 14.2. The Morgan fingerprint density at radius 3 is 2.56 bits per heavy atom. The minimum Gasteiger partial charge on any atom is -0.493 e. The van der Waals surface area contributed by atoms with Gasteiger partial charge in [0.15, 0.2) is 16.6 Å². The van der Waals surface area contributed by atoms with Gasteiger partial charge in [-0.3, -0.25) is 4.79 Å². The highest BCUT2D eigenvalue weighted by Gasteiger charge is 2.31. The fourth-order valence-corrected chi connectivity index (χ4v) is 2.80. The highest BCUT2D eigenvalue weighted by atomic mass is 32.1. The van der Waals surface area contributed by atoms with Gasteiger partial charge in [0.1, 0.15) is 0 Å². The molecular weight excluding hydrogens is 352 g/mol. The molecule has 1 aromatic rings. The third-order valence-corrected chi connectivity index (χ3v) is 3.86. The number of amides is 1. The number of hydrogen-bond donors (Lipinski definition) is 2. The average molecular weight is 371 g/mol. The summed E-state index contributed by atoms with van der Waals surface area (Å²) in [6.45, 7) is -1.26. The number of ether oxygens (including phenoxy) is 2. The number of nitrogens with one attached hydrogen (secondary N) is 2. The van der Waals surface area contributed by atoms with E-state index in [1.165, 1.54) is 24.1 Å². The Morgan fingerprint density at radius 1 is 1.32 bits per heavy atom. The van der Waals surface area contributed by atoms with Gasteiger partial charge in [-0.25, -0.2) is 0 Å². The van der Waals surface area contributed by atoms with Gasteiger partial charge < -0.3 is 25.0 Å². The number of thiocarbonyl (C=S) groups is 1. The molecule has 1 amide bonds. The summed E-state index contributed by atoms with van der Waals surface area (Å²) in [5, 5.41) is 6.25. The summed E-state index contributed by atoms with van der Waals surface area (Å²) in [5.74, 6) is -0.172. The van der Waals surface area contributed by atoms with Gasteiger partial charge in [0.05, 0.1) is 18.7 Å². The summed E-state index contributed by atoms with van der Waals surface area (Å²) in [7, 11) is 4.62. The van der Waals surface area contributed by atoms with Crippen molar-refractivity contribution in [1.82, 2.24) is 15.5 Å². The van der Waals surface area contributed by atoms with Crippen LogP contribution in [0.2, 0.25) is 0 Å². The van der Waals surface area contributed by atoms with Crippen LogP contribution >= 0.6 is 12.2 Å². The largest absolute Gasteiger partial charge is 0.493 e. The summed E-state index contributed by atoms with van der Waals surface area (Å²) in [6.07, 6.45) is 0. The molecule has 2 N–H and O–H groups in total. The number of rotatable bonds is 5. The van der Waals surface area contributed by atoms with Crippen molar-refractivity contribution in [1.29, 1.82) is 0 Å². The molecule has 0 aromatic heterocycles. The second-order valence-corrected chi connectivity index (χ2v) is 5.97. The molecule has 0 unspecified atom stereocenters. The standard InChI is InChI=1S/C16H19F2N3O3S/c1-8-12(14(22)21(2)3)13(20-16(25)19-8)9-5-6-10(23-4)11(7-9)24-15(17)18/h5-7,13,15H,1-4H3,(H2,19,20,25)/t13-/m1/s1. The lowest BCUT2D eigenvalue weighted by Crippen LogP contribution is -2.46. The summed E-state index contributed by atoms with van der Waals surface area (Å²) in [5.41, 5.74) is 1.58. The summed E-state index contributed by atoms with van der Waals surface area (Å²) >= 11 is 5.16. The zero-order valence-corrected chi connectivity index (χ0v) is 15.0. The minimum atomic E-state index is -2.99. The molecule has 1 aliphatic heterocycles. The van der Waals surface area contributed by atoms with Gasteiger partial charge in [0, 0.05) is 19.8 Å². The van der Waals surface area contributed by atoms with Crippen LogP contribution in [0.5, 0.6) is 11.5 Å². The van der Waals surface area contributed by atoms with Gasteiger partial charge in [0.25, 0.3) is 5.91 Å². The number of carbonyl (C=O) groups excluding carboxylic acids is 1. The van der Waals surface area contributed by atoms with E-state index in [0.29, 0.717) is 21.9 Å². The SMILES string of the molecule is COc1ccc([C@H]2NC(=S)NC(C)=C2C(=O)N(C)C)cc1OC(F)F. The van der Waals surface area contributed by atoms with E-state index < -0.39 is 12.7 Å². The van der Waals surface area contributed by atoms with Crippen molar-refractivity contribution >= 4 is 23.2 Å². The molecule has 0 saturated carbocycles. The maximum atomic E-state index is 12.7. The Kier molecular flexibility index (Phi) is 5.78. The number of allylic oxidation sites excluding steroid dienone is 1. The molecule has 0 spiro atoms. The van der Waals surface area contributed by atoms with E-state index in [-0.39, 0.29) is 17.4 Å². The number of likely N-dealkylation sites (N-methyl/N-ethyl adjacent to an activating group) is 1. The molecule has 25 heavy (non-hydrogen) atoms. The van der Waals surface area contributed by atoms with Gasteiger partial charge in [-0.2, -0.15) is 8.78 Å². The monoisotopic (exact) mass is 371 g/mol. The predicted molar refractivity (Wildman–Crippen MR) is 92.6 cm³/mol. The molecule has 0 bridgehead atoms. The lowest BCUT2D eigenvalue weighted by molar-refractivity contribution is -0.125. The van der Waals surface area contributed by atoms with Crippen LogP contribution in [0, 0.1) is 0 Å². The summed E-state index contributed by atoms with van der Waals surface area (Å²) in [4.78, 5) is 14.0. The number of halogens is 2. The van der Waals surface area contributed by atoms with Crippen molar-refractivity contribution in [2.24, 2.45) is 0 Å². The van der Waals surface area contributed by atoms with E-state index in [1.54, 1.807) is 27.1 Å². The number of carbonyl (C=O) groups is 1. The lowest BCUT2D eigenvalue weighted by Gasteiger charge is -2.31. The molecule has 0 aliphatic carbocycles. The van der Waals surface area contributed by atoms with E-state index in [1.807, 2.05) is 0 Å². The van der Waals surface area contributed by atoms with Crippen LogP contribution in [0.25, 0.3) is 0 Å². The average Bonchev–Trinajstić information content (AvgIpc) is 2.52. The van der Waals surface area contributed by atoms with E-state index in [4.69, 9.17) is 17.0 Å². The van der Waals surface area contributed by atoms with Gasteiger partial charge in [-0.1, -0.05) is 6.07 Å².